The van der Waals surface area contributed by atoms with Gasteiger partial charge in [0.15, 0.2) is 5.82 Å². The van der Waals surface area contributed by atoms with Crippen molar-refractivity contribution in [3.05, 3.63) is 64.7 Å². The molecule has 0 bridgehead atoms. The second kappa shape index (κ2) is 9.38. The van der Waals surface area contributed by atoms with E-state index in [0.29, 0.717) is 58.0 Å². The summed E-state index contributed by atoms with van der Waals surface area (Å²) in [6.07, 6.45) is 4.57. The average Bonchev–Trinajstić information content (AvgIpc) is 3.64. The van der Waals surface area contributed by atoms with Crippen molar-refractivity contribution in [3.63, 3.8) is 0 Å². The van der Waals surface area contributed by atoms with E-state index in [9.17, 15) is 4.79 Å². The Labute approximate surface area is 206 Å². The molecule has 1 amide bonds. The molecule has 5 rings (SSSR count). The minimum Gasteiger partial charge on any atom is -0.496 e. The number of rotatable bonds is 6. The van der Waals surface area contributed by atoms with Crippen molar-refractivity contribution in [3.8, 4) is 28.6 Å². The van der Waals surface area contributed by atoms with Crippen LogP contribution in [0.25, 0.3) is 17.1 Å². The number of amides is 1. The number of nitrogens with zero attached hydrogens (tertiary/aromatic N) is 6. The number of methoxy groups -OCH3 is 2. The Balaban J connectivity index is 1.50. The second-order valence-corrected chi connectivity index (χ2v) is 8.55. The van der Waals surface area contributed by atoms with Crippen LogP contribution < -0.4 is 9.47 Å². The van der Waals surface area contributed by atoms with E-state index < -0.39 is 0 Å². The lowest BCUT2D eigenvalue weighted by molar-refractivity contribution is 0.0727. The van der Waals surface area contributed by atoms with Gasteiger partial charge in [-0.3, -0.25) is 4.79 Å². The molecule has 180 valence electrons. The van der Waals surface area contributed by atoms with Crippen molar-refractivity contribution in [1.29, 1.82) is 0 Å². The summed E-state index contributed by atoms with van der Waals surface area (Å²) in [5.41, 5.74) is 2.56. The molecular weight excluding hydrogens is 472 g/mol. The van der Waals surface area contributed by atoms with Gasteiger partial charge in [-0.25, -0.2) is 0 Å². The predicted octanol–water partition coefficient (Wildman–Crippen LogP) is 4.27. The topological polar surface area (TPSA) is 108 Å². The van der Waals surface area contributed by atoms with E-state index in [0.717, 1.165) is 12.0 Å². The lowest BCUT2D eigenvalue weighted by atomic mass is 10.1. The van der Waals surface area contributed by atoms with Crippen LogP contribution in [-0.4, -0.2) is 56.7 Å². The number of carbonyl (C=O) groups is 1. The fourth-order valence-electron chi connectivity index (χ4n) is 4.28. The molecule has 35 heavy (non-hydrogen) atoms. The number of ether oxygens (including phenoxy) is 2. The maximum atomic E-state index is 13.8. The van der Waals surface area contributed by atoms with Crippen LogP contribution in [0, 0.1) is 6.92 Å². The van der Waals surface area contributed by atoms with Crippen LogP contribution in [0.4, 0.5) is 0 Å². The summed E-state index contributed by atoms with van der Waals surface area (Å²) >= 11 is 6.34. The van der Waals surface area contributed by atoms with Crippen molar-refractivity contribution in [1.82, 2.24) is 30.0 Å². The minimum absolute atomic E-state index is 0.228. The van der Waals surface area contributed by atoms with Gasteiger partial charge >= 0.3 is 0 Å². The first-order valence-electron chi connectivity index (χ1n) is 11.0. The van der Waals surface area contributed by atoms with Crippen LogP contribution in [-0.2, 0) is 0 Å². The zero-order chi connectivity index (χ0) is 24.5. The molecule has 1 unspecified atom stereocenters. The van der Waals surface area contributed by atoms with E-state index in [2.05, 4.69) is 20.3 Å². The molecule has 1 fully saturated rings. The quantitative estimate of drug-likeness (QED) is 0.391. The summed E-state index contributed by atoms with van der Waals surface area (Å²) in [6.45, 7) is 2.52. The van der Waals surface area contributed by atoms with Gasteiger partial charge in [-0.05, 0) is 44.0 Å². The molecule has 3 heterocycles. The van der Waals surface area contributed by atoms with Crippen molar-refractivity contribution >= 4 is 17.5 Å². The second-order valence-electron chi connectivity index (χ2n) is 8.14. The van der Waals surface area contributed by atoms with Gasteiger partial charge in [-0.1, -0.05) is 28.4 Å². The average molecular weight is 495 g/mol. The molecule has 0 saturated carbocycles. The van der Waals surface area contributed by atoms with Gasteiger partial charge in [0, 0.05) is 6.54 Å². The third-order valence-electron chi connectivity index (χ3n) is 5.97. The molecule has 1 aliphatic heterocycles. The predicted molar refractivity (Wildman–Crippen MR) is 127 cm³/mol. The molecule has 0 N–H and O–H groups in total. The highest BCUT2D eigenvalue weighted by Crippen LogP contribution is 2.37. The van der Waals surface area contributed by atoms with Crippen LogP contribution in [0.1, 0.15) is 40.6 Å². The number of aryl methyl sites for hydroxylation is 1. The molecular formula is C24H23ClN6O4. The fraction of sp³-hybridized carbons (Fsp3) is 0.292. The standard InChI is InChI=1S/C24H23ClN6O4/c1-14-6-7-20(33-2)16(11-14)23-28-22(29-35-23)18-5-4-10-30(18)24(32)15-12-21(34-3)17(25)13-19(15)31-26-8-9-27-31/h6-9,11-13,18H,4-5,10H2,1-3H3. The summed E-state index contributed by atoms with van der Waals surface area (Å²) < 4.78 is 16.4. The van der Waals surface area contributed by atoms with Crippen LogP contribution >= 0.6 is 11.6 Å². The summed E-state index contributed by atoms with van der Waals surface area (Å²) in [4.78, 5) is 21.5. The van der Waals surface area contributed by atoms with E-state index in [4.69, 9.17) is 25.6 Å². The molecule has 1 saturated heterocycles. The molecule has 4 aromatic rings. The van der Waals surface area contributed by atoms with Gasteiger partial charge in [0.05, 0.1) is 48.8 Å². The highest BCUT2D eigenvalue weighted by atomic mass is 35.5. The SMILES string of the molecule is COc1cc(C(=O)N2CCCC2c2noc(-c3cc(C)ccc3OC)n2)c(-n2nccn2)cc1Cl. The number of hydrogen-bond donors (Lipinski definition) is 0. The maximum absolute atomic E-state index is 13.8. The van der Waals surface area contributed by atoms with Crippen molar-refractivity contribution in [2.75, 3.05) is 20.8 Å². The maximum Gasteiger partial charge on any atom is 0.261 e. The zero-order valence-electron chi connectivity index (χ0n) is 19.4. The largest absolute Gasteiger partial charge is 0.496 e. The van der Waals surface area contributed by atoms with Crippen molar-refractivity contribution in [2.24, 2.45) is 0 Å². The first kappa shape index (κ1) is 22.9. The Kier molecular flexibility index (Phi) is 6.12. The minimum atomic E-state index is -0.351. The number of carbonyl (C=O) groups excluding carboxylic acids is 1. The van der Waals surface area contributed by atoms with Gasteiger partial charge in [-0.2, -0.15) is 20.0 Å². The van der Waals surface area contributed by atoms with Gasteiger partial charge in [0.25, 0.3) is 11.8 Å². The first-order valence-corrected chi connectivity index (χ1v) is 11.4. The molecule has 0 aliphatic carbocycles. The number of benzene rings is 2. The normalized spacial score (nSPS) is 15.4. The Hall–Kier alpha value is -3.92. The Morgan fingerprint density at radius 1 is 1.11 bits per heavy atom. The number of aromatic nitrogens is 5. The Morgan fingerprint density at radius 2 is 1.89 bits per heavy atom. The highest BCUT2D eigenvalue weighted by molar-refractivity contribution is 6.32. The van der Waals surface area contributed by atoms with Crippen LogP contribution in [0.3, 0.4) is 0 Å². The molecule has 1 aliphatic rings. The lowest BCUT2D eigenvalue weighted by Crippen LogP contribution is -2.32. The lowest BCUT2D eigenvalue weighted by Gasteiger charge is -2.23. The molecule has 11 heteroatoms. The van der Waals surface area contributed by atoms with Gasteiger partial charge < -0.3 is 18.9 Å². The van der Waals surface area contributed by atoms with Gasteiger partial charge in [0.2, 0.25) is 0 Å². The van der Waals surface area contributed by atoms with Crippen molar-refractivity contribution < 1.29 is 18.8 Å². The van der Waals surface area contributed by atoms with Gasteiger partial charge in [-0.15, -0.1) is 0 Å². The summed E-state index contributed by atoms with van der Waals surface area (Å²) in [6, 6.07) is 8.61. The monoisotopic (exact) mass is 494 g/mol. The Morgan fingerprint density at radius 3 is 2.63 bits per heavy atom. The summed E-state index contributed by atoms with van der Waals surface area (Å²) in [5, 5.41) is 12.9. The highest BCUT2D eigenvalue weighted by Gasteiger charge is 2.36. The van der Waals surface area contributed by atoms with Crippen LogP contribution in [0.5, 0.6) is 11.5 Å². The van der Waals surface area contributed by atoms with E-state index in [1.54, 1.807) is 24.1 Å². The van der Waals surface area contributed by atoms with E-state index in [-0.39, 0.29) is 11.9 Å². The molecule has 1 atom stereocenters. The molecule has 2 aromatic heterocycles. The summed E-state index contributed by atoms with van der Waals surface area (Å²) in [5.74, 6) is 1.57. The van der Waals surface area contributed by atoms with E-state index >= 15 is 0 Å². The molecule has 0 spiro atoms. The third-order valence-corrected chi connectivity index (χ3v) is 6.27. The van der Waals surface area contributed by atoms with E-state index in [1.807, 2.05) is 25.1 Å². The zero-order valence-corrected chi connectivity index (χ0v) is 20.2. The van der Waals surface area contributed by atoms with Crippen molar-refractivity contribution in [2.45, 2.75) is 25.8 Å². The molecule has 2 aromatic carbocycles. The van der Waals surface area contributed by atoms with Crippen LogP contribution in [0.2, 0.25) is 5.02 Å². The van der Waals surface area contributed by atoms with E-state index in [1.165, 1.54) is 24.3 Å². The van der Waals surface area contributed by atoms with Gasteiger partial charge in [0.1, 0.15) is 17.2 Å². The molecule has 0 radical (unpaired) electrons. The fourth-order valence-corrected chi connectivity index (χ4v) is 4.51. The number of halogens is 1. The number of likely N-dealkylation sites (tertiary alicyclic amines) is 1. The Bertz CT molecular complexity index is 1370. The number of hydrogen-bond acceptors (Lipinski definition) is 8. The smallest absolute Gasteiger partial charge is 0.261 e. The van der Waals surface area contributed by atoms with Crippen LogP contribution in [0.15, 0.2) is 47.2 Å². The third kappa shape index (κ3) is 4.21. The first-order chi connectivity index (χ1) is 17.0. The molecule has 10 nitrogen and oxygen atoms in total. The summed E-state index contributed by atoms with van der Waals surface area (Å²) in [7, 11) is 3.09.